The van der Waals surface area contributed by atoms with Crippen molar-refractivity contribution < 1.29 is 22.7 Å². The third kappa shape index (κ3) is 8.84. The van der Waals surface area contributed by atoms with Crippen LogP contribution in [0.15, 0.2) is 78.9 Å². The van der Waals surface area contributed by atoms with Crippen LogP contribution in [0.25, 0.3) is 0 Å². The highest BCUT2D eigenvalue weighted by molar-refractivity contribution is 7.92. The predicted octanol–water partition coefficient (Wildman–Crippen LogP) is 4.32. The van der Waals surface area contributed by atoms with Crippen LogP contribution in [-0.4, -0.2) is 56.6 Å². The van der Waals surface area contributed by atoms with Crippen molar-refractivity contribution in [2.75, 3.05) is 23.7 Å². The van der Waals surface area contributed by atoms with Crippen LogP contribution in [0.1, 0.15) is 37.5 Å². The molecule has 0 aliphatic rings. The smallest absolute Gasteiger partial charge is 0.244 e. The van der Waals surface area contributed by atoms with E-state index in [4.69, 9.17) is 4.74 Å². The van der Waals surface area contributed by atoms with Gasteiger partial charge in [-0.1, -0.05) is 60.2 Å². The Balaban J connectivity index is 2.03. The summed E-state index contributed by atoms with van der Waals surface area (Å²) in [5.41, 5.74) is 3.08. The van der Waals surface area contributed by atoms with Crippen molar-refractivity contribution in [3.8, 4) is 5.75 Å². The first kappa shape index (κ1) is 30.7. The van der Waals surface area contributed by atoms with E-state index >= 15 is 0 Å². The molecule has 40 heavy (non-hydrogen) atoms. The fraction of sp³-hybridized carbons (Fsp3) is 0.355. The second-order valence-electron chi connectivity index (χ2n) is 10.1. The van der Waals surface area contributed by atoms with Gasteiger partial charge in [-0.2, -0.15) is 0 Å². The van der Waals surface area contributed by atoms with Crippen molar-refractivity contribution in [1.29, 1.82) is 0 Å². The van der Waals surface area contributed by atoms with Gasteiger partial charge in [-0.15, -0.1) is 0 Å². The van der Waals surface area contributed by atoms with Crippen LogP contribution < -0.4 is 14.4 Å². The van der Waals surface area contributed by atoms with Crippen molar-refractivity contribution in [2.24, 2.45) is 0 Å². The van der Waals surface area contributed by atoms with Crippen LogP contribution in [0, 0.1) is 6.92 Å². The lowest BCUT2D eigenvalue weighted by Crippen LogP contribution is -2.54. The van der Waals surface area contributed by atoms with Gasteiger partial charge in [0.2, 0.25) is 21.8 Å². The molecule has 0 bridgehead atoms. The quantitative estimate of drug-likeness (QED) is 0.333. The number of carbonyl (C=O) groups is 2. The second-order valence-corrected chi connectivity index (χ2v) is 12.0. The summed E-state index contributed by atoms with van der Waals surface area (Å²) in [6.07, 6.45) is 1.34. The van der Waals surface area contributed by atoms with Gasteiger partial charge in [0.25, 0.3) is 0 Å². The number of sulfonamides is 1. The molecule has 0 spiro atoms. The minimum atomic E-state index is -3.83. The van der Waals surface area contributed by atoms with Crippen LogP contribution in [0.2, 0.25) is 0 Å². The molecule has 9 heteroatoms. The molecule has 0 radical (unpaired) electrons. The van der Waals surface area contributed by atoms with Gasteiger partial charge in [0, 0.05) is 19.0 Å². The van der Waals surface area contributed by atoms with Gasteiger partial charge in [0.1, 0.15) is 18.3 Å². The molecule has 3 aromatic carbocycles. The molecule has 0 saturated carbocycles. The standard InChI is InChI=1S/C31H39N3O5S/c1-6-39-28-17-15-27(16-18-28)34(40(5,37)38)22-30(35)33(21-26-14-10-11-24(4)19-26)29(31(36)32-23(2)3)20-25-12-8-7-9-13-25/h7-19,23,29H,6,20-22H2,1-5H3,(H,32,36). The highest BCUT2D eigenvalue weighted by atomic mass is 32.2. The first-order valence-electron chi connectivity index (χ1n) is 13.4. The number of carbonyl (C=O) groups excluding carboxylic acids is 2. The maximum atomic E-state index is 14.1. The number of amides is 2. The third-order valence-electron chi connectivity index (χ3n) is 6.25. The van der Waals surface area contributed by atoms with Gasteiger partial charge < -0.3 is 15.0 Å². The summed E-state index contributed by atoms with van der Waals surface area (Å²) in [6, 6.07) is 22.7. The molecule has 1 N–H and O–H groups in total. The minimum absolute atomic E-state index is 0.141. The SMILES string of the molecule is CCOc1ccc(N(CC(=O)N(Cc2cccc(C)c2)C(Cc2ccccc2)C(=O)NC(C)C)S(C)(=O)=O)cc1. The van der Waals surface area contributed by atoms with Crippen molar-refractivity contribution in [1.82, 2.24) is 10.2 Å². The molecule has 0 aliphatic carbocycles. The molecule has 0 aliphatic heterocycles. The molecule has 3 rings (SSSR count). The Morgan fingerprint density at radius 1 is 0.925 bits per heavy atom. The second kappa shape index (κ2) is 14.0. The van der Waals surface area contributed by atoms with Crippen LogP contribution in [-0.2, 0) is 32.6 Å². The average molecular weight is 566 g/mol. The maximum Gasteiger partial charge on any atom is 0.244 e. The lowest BCUT2D eigenvalue weighted by atomic mass is 10.0. The molecule has 214 valence electrons. The molecule has 0 heterocycles. The molecule has 0 aromatic heterocycles. The van der Waals surface area contributed by atoms with Crippen LogP contribution in [0.4, 0.5) is 5.69 Å². The summed E-state index contributed by atoms with van der Waals surface area (Å²) < 4.78 is 32.3. The fourth-order valence-corrected chi connectivity index (χ4v) is 5.28. The van der Waals surface area contributed by atoms with Crippen molar-refractivity contribution in [3.63, 3.8) is 0 Å². The topological polar surface area (TPSA) is 96.0 Å². The number of hydrogen-bond donors (Lipinski definition) is 1. The van der Waals surface area contributed by atoms with E-state index in [9.17, 15) is 18.0 Å². The number of benzene rings is 3. The fourth-order valence-electron chi connectivity index (χ4n) is 4.43. The number of nitrogens with zero attached hydrogens (tertiary/aromatic N) is 2. The predicted molar refractivity (Wildman–Crippen MR) is 159 cm³/mol. The van der Waals surface area contributed by atoms with Crippen molar-refractivity contribution in [2.45, 2.75) is 52.7 Å². The van der Waals surface area contributed by atoms with E-state index in [-0.39, 0.29) is 24.9 Å². The Morgan fingerprint density at radius 3 is 2.15 bits per heavy atom. The van der Waals surface area contributed by atoms with E-state index < -0.39 is 28.5 Å². The van der Waals surface area contributed by atoms with Crippen LogP contribution in [0.3, 0.4) is 0 Å². The molecule has 1 atom stereocenters. The van der Waals surface area contributed by atoms with Gasteiger partial charge >= 0.3 is 0 Å². The van der Waals surface area contributed by atoms with E-state index in [1.165, 1.54) is 4.90 Å². The summed E-state index contributed by atoms with van der Waals surface area (Å²) in [5, 5.41) is 2.95. The van der Waals surface area contributed by atoms with Crippen molar-refractivity contribution >= 4 is 27.5 Å². The molecule has 0 saturated heterocycles. The largest absolute Gasteiger partial charge is 0.494 e. The average Bonchev–Trinajstić information content (AvgIpc) is 2.89. The lowest BCUT2D eigenvalue weighted by molar-refractivity contribution is -0.140. The van der Waals surface area contributed by atoms with Gasteiger partial charge in [-0.05, 0) is 63.1 Å². The Labute approximate surface area is 238 Å². The number of anilines is 1. The third-order valence-corrected chi connectivity index (χ3v) is 7.39. The zero-order chi connectivity index (χ0) is 29.3. The first-order valence-corrected chi connectivity index (χ1v) is 15.2. The molecule has 0 fully saturated rings. The first-order chi connectivity index (χ1) is 19.0. The van der Waals surface area contributed by atoms with Gasteiger partial charge in [-0.25, -0.2) is 8.42 Å². The van der Waals surface area contributed by atoms with Gasteiger partial charge in [-0.3, -0.25) is 13.9 Å². The summed E-state index contributed by atoms with van der Waals surface area (Å²) in [7, 11) is -3.83. The Bertz CT molecular complexity index is 1380. The van der Waals surface area contributed by atoms with E-state index in [1.54, 1.807) is 24.3 Å². The Kier molecular flexibility index (Phi) is 10.7. The summed E-state index contributed by atoms with van der Waals surface area (Å²) in [4.78, 5) is 29.1. The molecule has 1 unspecified atom stereocenters. The monoisotopic (exact) mass is 565 g/mol. The van der Waals surface area contributed by atoms with Gasteiger partial charge in [0.05, 0.1) is 18.6 Å². The zero-order valence-electron chi connectivity index (χ0n) is 23.8. The highest BCUT2D eigenvalue weighted by Crippen LogP contribution is 2.23. The van der Waals surface area contributed by atoms with E-state index in [0.717, 1.165) is 27.3 Å². The lowest BCUT2D eigenvalue weighted by Gasteiger charge is -2.34. The zero-order valence-corrected chi connectivity index (χ0v) is 24.6. The minimum Gasteiger partial charge on any atom is -0.494 e. The summed E-state index contributed by atoms with van der Waals surface area (Å²) >= 11 is 0. The van der Waals surface area contributed by atoms with E-state index in [0.29, 0.717) is 18.0 Å². The number of hydrogen-bond acceptors (Lipinski definition) is 5. The van der Waals surface area contributed by atoms with Crippen LogP contribution >= 0.6 is 0 Å². The van der Waals surface area contributed by atoms with Crippen LogP contribution in [0.5, 0.6) is 5.75 Å². The highest BCUT2D eigenvalue weighted by Gasteiger charge is 2.33. The molecule has 8 nitrogen and oxygen atoms in total. The molecular weight excluding hydrogens is 526 g/mol. The van der Waals surface area contributed by atoms with E-state index in [1.807, 2.05) is 82.3 Å². The molecule has 3 aromatic rings. The molecule has 2 amide bonds. The summed E-state index contributed by atoms with van der Waals surface area (Å²) in [5.74, 6) is -0.187. The Hall–Kier alpha value is -3.85. The van der Waals surface area contributed by atoms with Gasteiger partial charge in [0.15, 0.2) is 0 Å². The number of ether oxygens (including phenoxy) is 1. The normalized spacial score (nSPS) is 12.1. The van der Waals surface area contributed by atoms with E-state index in [2.05, 4.69) is 5.32 Å². The summed E-state index contributed by atoms with van der Waals surface area (Å²) in [6.45, 7) is 7.70. The Morgan fingerprint density at radius 2 is 1.57 bits per heavy atom. The maximum absolute atomic E-state index is 14.1. The molecular formula is C31H39N3O5S. The number of rotatable bonds is 13. The van der Waals surface area contributed by atoms with Crippen molar-refractivity contribution in [3.05, 3.63) is 95.6 Å². The number of aryl methyl sites for hydroxylation is 1. The number of nitrogens with one attached hydrogen (secondary N) is 1.